The lowest BCUT2D eigenvalue weighted by Crippen LogP contribution is -2.59. The summed E-state index contributed by atoms with van der Waals surface area (Å²) in [4.78, 5) is 28.2. The van der Waals surface area contributed by atoms with Gasteiger partial charge >= 0.3 is 0 Å². The largest absolute Gasteiger partial charge is 0.489 e. The van der Waals surface area contributed by atoms with Crippen LogP contribution >= 0.6 is 34.5 Å². The molecule has 5 rings (SSSR count). The van der Waals surface area contributed by atoms with Gasteiger partial charge in [-0.25, -0.2) is 0 Å². The van der Waals surface area contributed by atoms with Crippen LogP contribution < -0.4 is 10.1 Å². The number of amides is 1. The average molecular weight is 533 g/mol. The van der Waals surface area contributed by atoms with Crippen LogP contribution in [0.3, 0.4) is 0 Å². The molecule has 1 aliphatic carbocycles. The number of fused-ring (bicyclic) bond motifs is 1. The van der Waals surface area contributed by atoms with Gasteiger partial charge in [0.1, 0.15) is 5.75 Å². The number of carbonyl (C=O) groups is 2. The molecule has 0 spiro atoms. The maximum absolute atomic E-state index is 13.0. The number of hydrogen-bond acceptors (Lipinski definition) is 6. The predicted molar refractivity (Wildman–Crippen MR) is 139 cm³/mol. The minimum absolute atomic E-state index is 0.199. The molecule has 2 aliphatic rings. The molecule has 3 aromatic rings. The summed E-state index contributed by atoms with van der Waals surface area (Å²) in [6.45, 7) is 3.04. The fourth-order valence-electron chi connectivity index (χ4n) is 4.55. The van der Waals surface area contributed by atoms with Gasteiger partial charge in [0.2, 0.25) is 0 Å². The van der Waals surface area contributed by atoms with Gasteiger partial charge in [-0.05, 0) is 68.3 Å². The van der Waals surface area contributed by atoms with Gasteiger partial charge in [0, 0.05) is 28.4 Å². The molecule has 2 heterocycles. The van der Waals surface area contributed by atoms with Crippen LogP contribution in [0.1, 0.15) is 47.8 Å². The number of nitrogens with zero attached hydrogens (tertiary/aromatic N) is 1. The van der Waals surface area contributed by atoms with Crippen LogP contribution in [-0.2, 0) is 10.5 Å². The van der Waals surface area contributed by atoms with Crippen molar-refractivity contribution in [1.29, 1.82) is 0 Å². The van der Waals surface area contributed by atoms with Crippen molar-refractivity contribution in [1.82, 2.24) is 10.2 Å². The number of nitrogens with one attached hydrogen (secondary N) is 1. The Morgan fingerprint density at radius 2 is 1.89 bits per heavy atom. The van der Waals surface area contributed by atoms with E-state index in [1.807, 2.05) is 11.0 Å². The number of halogens is 2. The zero-order valence-corrected chi connectivity index (χ0v) is 21.6. The number of ether oxygens (including phenoxy) is 1. The van der Waals surface area contributed by atoms with Crippen LogP contribution in [0.2, 0.25) is 10.0 Å². The minimum Gasteiger partial charge on any atom is -0.489 e. The molecular weight excluding hydrogens is 507 g/mol. The molecule has 2 N–H and O–H groups in total. The Kier molecular flexibility index (Phi) is 6.81. The third-order valence-corrected chi connectivity index (χ3v) is 8.25. The second-order valence-corrected chi connectivity index (χ2v) is 11.1. The molecule has 2 atom stereocenters. The number of aliphatic hydroxyl groups is 1. The fourth-order valence-corrected chi connectivity index (χ4v) is 6.05. The molecule has 0 bridgehead atoms. The smallest absolute Gasteiger partial charge is 0.293 e. The molecule has 1 saturated carbocycles. The molecule has 184 valence electrons. The Morgan fingerprint density at radius 3 is 2.57 bits per heavy atom. The first kappa shape index (κ1) is 24.5. The molecule has 35 heavy (non-hydrogen) atoms. The van der Waals surface area contributed by atoms with Crippen molar-refractivity contribution in [3.8, 4) is 5.75 Å². The number of carbonyl (C=O) groups excluding carboxylic acids is 2. The van der Waals surface area contributed by atoms with E-state index in [2.05, 4.69) is 5.32 Å². The van der Waals surface area contributed by atoms with Gasteiger partial charge in [0.15, 0.2) is 5.72 Å². The van der Waals surface area contributed by atoms with Crippen LogP contribution in [0.25, 0.3) is 10.1 Å². The maximum Gasteiger partial charge on any atom is 0.293 e. The number of thiophene rings is 1. The third kappa shape index (κ3) is 4.93. The van der Waals surface area contributed by atoms with Crippen LogP contribution in [0.4, 0.5) is 0 Å². The first-order chi connectivity index (χ1) is 16.8. The molecule has 9 heteroatoms. The van der Waals surface area contributed by atoms with Crippen LogP contribution in [0.15, 0.2) is 42.5 Å². The van der Waals surface area contributed by atoms with Crippen molar-refractivity contribution in [2.75, 3.05) is 13.1 Å². The van der Waals surface area contributed by atoms with E-state index in [1.165, 1.54) is 11.3 Å². The van der Waals surface area contributed by atoms with E-state index in [0.717, 1.165) is 35.8 Å². The van der Waals surface area contributed by atoms with Gasteiger partial charge in [-0.1, -0.05) is 35.3 Å². The number of benzene rings is 2. The molecule has 1 saturated heterocycles. The topological polar surface area (TPSA) is 78.9 Å². The summed E-state index contributed by atoms with van der Waals surface area (Å²) in [5, 5.41) is 16.6. The molecule has 0 radical (unpaired) electrons. The summed E-state index contributed by atoms with van der Waals surface area (Å²) in [5.41, 5.74) is -0.994. The van der Waals surface area contributed by atoms with Gasteiger partial charge < -0.3 is 15.2 Å². The Labute approximate surface area is 217 Å². The highest BCUT2D eigenvalue weighted by atomic mass is 35.5. The normalized spacial score (nSPS) is 18.9. The van der Waals surface area contributed by atoms with Crippen molar-refractivity contribution in [2.45, 2.75) is 50.5 Å². The van der Waals surface area contributed by atoms with Crippen molar-refractivity contribution in [2.24, 2.45) is 0 Å². The Morgan fingerprint density at radius 1 is 1.14 bits per heavy atom. The predicted octanol–water partition coefficient (Wildman–Crippen LogP) is 5.38. The molecular formula is C26H26Cl2N2O4S. The van der Waals surface area contributed by atoms with Crippen molar-refractivity contribution in [3.05, 3.63) is 63.0 Å². The van der Waals surface area contributed by atoms with Crippen LogP contribution in [-0.4, -0.2) is 46.9 Å². The average Bonchev–Trinajstić information content (AvgIpc) is 3.30. The third-order valence-electron chi connectivity index (χ3n) is 6.63. The summed E-state index contributed by atoms with van der Waals surface area (Å²) in [7, 11) is 0. The summed E-state index contributed by atoms with van der Waals surface area (Å²) in [6, 6.07) is 11.5. The molecule has 1 aromatic heterocycles. The summed E-state index contributed by atoms with van der Waals surface area (Å²) < 4.78 is 6.67. The molecule has 2 aromatic carbocycles. The molecule has 6 nitrogen and oxygen atoms in total. The lowest BCUT2D eigenvalue weighted by atomic mass is 9.93. The monoisotopic (exact) mass is 532 g/mol. The number of ketones is 1. The van der Waals surface area contributed by atoms with E-state index in [-0.39, 0.29) is 6.10 Å². The zero-order chi connectivity index (χ0) is 24.7. The number of rotatable bonds is 8. The first-order valence-electron chi connectivity index (χ1n) is 11.7. The fraction of sp³-hybridized carbons (Fsp3) is 0.385. The Balaban J connectivity index is 1.39. The van der Waals surface area contributed by atoms with E-state index < -0.39 is 23.5 Å². The summed E-state index contributed by atoms with van der Waals surface area (Å²) in [6.07, 6.45) is 4.09. The molecule has 2 fully saturated rings. The van der Waals surface area contributed by atoms with Crippen molar-refractivity contribution < 1.29 is 19.4 Å². The van der Waals surface area contributed by atoms with Crippen LogP contribution in [0, 0.1) is 0 Å². The Hall–Kier alpha value is -2.16. The Bertz CT molecular complexity index is 1290. The highest BCUT2D eigenvalue weighted by molar-refractivity contribution is 7.21. The standard InChI is InChI=1S/C26H26Cl2N2O4S/c1-15(29-25(32)24(31)23-12-16-4-6-18(27)14-22(16)35-23)26(33,30-10-2-3-11-30)17-5-9-21(20(28)13-17)34-19-7-8-19/h4-6,9,12-15,19,33H,2-3,7-8,10-11H2,1H3,(H,29,32)/t15-,26+/m1/s1. The quantitative estimate of drug-likeness (QED) is 0.301. The highest BCUT2D eigenvalue weighted by Gasteiger charge is 2.44. The maximum atomic E-state index is 13.0. The second-order valence-electron chi connectivity index (χ2n) is 9.20. The van der Waals surface area contributed by atoms with Crippen LogP contribution in [0.5, 0.6) is 5.75 Å². The van der Waals surface area contributed by atoms with Gasteiger partial charge in [0.05, 0.1) is 22.0 Å². The highest BCUT2D eigenvalue weighted by Crippen LogP contribution is 2.38. The molecule has 1 amide bonds. The van der Waals surface area contributed by atoms with Crippen molar-refractivity contribution >= 4 is 56.3 Å². The van der Waals surface area contributed by atoms with E-state index in [4.69, 9.17) is 27.9 Å². The van der Waals surface area contributed by atoms with E-state index in [1.54, 1.807) is 43.3 Å². The number of likely N-dealkylation sites (tertiary alicyclic amines) is 1. The van der Waals surface area contributed by atoms with Gasteiger partial charge in [-0.15, -0.1) is 11.3 Å². The SMILES string of the molecule is C[C@@H](NC(=O)C(=O)c1cc2ccc(Cl)cc2s1)[C@](O)(c1ccc(OC2CC2)c(Cl)c1)N1CCCC1. The molecule has 0 unspecified atom stereocenters. The summed E-state index contributed by atoms with van der Waals surface area (Å²) >= 11 is 13.8. The van der Waals surface area contributed by atoms with E-state index in [9.17, 15) is 14.7 Å². The lowest BCUT2D eigenvalue weighted by Gasteiger charge is -2.42. The van der Waals surface area contributed by atoms with E-state index >= 15 is 0 Å². The number of Topliss-reactive ketones (excluding diaryl/α,β-unsaturated/α-hetero) is 1. The lowest BCUT2D eigenvalue weighted by molar-refractivity contribution is -0.139. The van der Waals surface area contributed by atoms with Gasteiger partial charge in [-0.3, -0.25) is 14.5 Å². The number of hydrogen-bond donors (Lipinski definition) is 2. The van der Waals surface area contributed by atoms with Crippen molar-refractivity contribution in [3.63, 3.8) is 0 Å². The zero-order valence-electron chi connectivity index (χ0n) is 19.2. The summed E-state index contributed by atoms with van der Waals surface area (Å²) in [5.74, 6) is -0.838. The second kappa shape index (κ2) is 9.71. The van der Waals surface area contributed by atoms with Gasteiger partial charge in [0.25, 0.3) is 11.7 Å². The minimum atomic E-state index is -1.54. The first-order valence-corrected chi connectivity index (χ1v) is 13.3. The van der Waals surface area contributed by atoms with E-state index in [0.29, 0.717) is 39.3 Å². The molecule has 1 aliphatic heterocycles. The van der Waals surface area contributed by atoms with Gasteiger partial charge in [-0.2, -0.15) is 0 Å².